The summed E-state index contributed by atoms with van der Waals surface area (Å²) in [5.41, 5.74) is 9.08. The molecule has 0 spiro atoms. The molecule has 0 aliphatic heterocycles. The second kappa shape index (κ2) is 11.5. The predicted molar refractivity (Wildman–Crippen MR) is 195 cm³/mol. The van der Waals surface area contributed by atoms with Crippen LogP contribution >= 0.6 is 17.2 Å². The van der Waals surface area contributed by atoms with E-state index in [1.165, 1.54) is 28.4 Å². The second-order valence-corrected chi connectivity index (χ2v) is 21.3. The highest BCUT2D eigenvalue weighted by molar-refractivity contribution is 7.58. The first-order chi connectivity index (χ1) is 22.2. The van der Waals surface area contributed by atoms with Gasteiger partial charge in [-0.3, -0.25) is 9.97 Å². The highest BCUT2D eigenvalue weighted by Gasteiger charge is 2.57. The highest BCUT2D eigenvalue weighted by Crippen LogP contribution is 2.72. The molecule has 242 valence electrons. The van der Waals surface area contributed by atoms with Crippen molar-refractivity contribution in [3.63, 3.8) is 0 Å². The quantitative estimate of drug-likeness (QED) is 0.238. The van der Waals surface area contributed by atoms with Gasteiger partial charge in [-0.2, -0.15) is 0 Å². The normalized spacial score (nSPS) is 36.7. The molecule has 8 fully saturated rings. The summed E-state index contributed by atoms with van der Waals surface area (Å²) >= 11 is 0. The van der Waals surface area contributed by atoms with Crippen LogP contribution in [0.5, 0.6) is 0 Å². The van der Waals surface area contributed by atoms with E-state index in [4.69, 9.17) is 0 Å². The van der Waals surface area contributed by atoms with E-state index in [2.05, 4.69) is 94.8 Å². The lowest BCUT2D eigenvalue weighted by Crippen LogP contribution is -2.52. The van der Waals surface area contributed by atoms with Gasteiger partial charge in [-0.25, -0.2) is 0 Å². The van der Waals surface area contributed by atoms with Crippen molar-refractivity contribution in [3.8, 4) is 0 Å². The summed E-state index contributed by atoms with van der Waals surface area (Å²) in [7, 11) is 3.26. The van der Waals surface area contributed by atoms with Crippen molar-refractivity contribution < 1.29 is 0 Å². The Kier molecular flexibility index (Phi) is 7.60. The summed E-state index contributed by atoms with van der Waals surface area (Å²) in [4.78, 5) is 9.36. The molecule has 8 aliphatic carbocycles. The van der Waals surface area contributed by atoms with Gasteiger partial charge in [0.2, 0.25) is 0 Å². The standard InChI is InChI=1S/C42H54N2P2/c1-41(2,3)35-9-8-30(38(22-35)42(45,36-6-4-10-43-23-36)37-7-5-11-44-24-37)25-46(39-31-14-26-12-27(16-31)17-32(39)15-26)40-33-18-28-13-29(20-33)21-34(40)19-28/h4-11,22-24,26-29,31-34,39-40H,12-21,25,45H2,1-3H3. The summed E-state index contributed by atoms with van der Waals surface area (Å²) in [5.74, 6) is 8.23. The minimum atomic E-state index is -0.395. The molecule has 8 aliphatic rings. The van der Waals surface area contributed by atoms with E-state index < -0.39 is 5.16 Å². The third-order valence-corrected chi connectivity index (χ3v) is 19.0. The first-order valence-corrected chi connectivity index (χ1v) is 21.0. The van der Waals surface area contributed by atoms with Crippen LogP contribution in [0.4, 0.5) is 0 Å². The largest absolute Gasteiger partial charge is 0.264 e. The van der Waals surface area contributed by atoms with Crippen molar-refractivity contribution in [2.45, 2.75) is 113 Å². The van der Waals surface area contributed by atoms with Crippen LogP contribution in [0.15, 0.2) is 67.3 Å². The van der Waals surface area contributed by atoms with E-state index in [-0.39, 0.29) is 13.3 Å². The van der Waals surface area contributed by atoms with Crippen LogP contribution in [0.3, 0.4) is 0 Å². The zero-order valence-electron chi connectivity index (χ0n) is 28.3. The third-order valence-electron chi connectivity index (χ3n) is 14.1. The third kappa shape index (κ3) is 5.09. The molecule has 46 heavy (non-hydrogen) atoms. The lowest BCUT2D eigenvalue weighted by Gasteiger charge is -2.62. The number of rotatable bonds is 7. The maximum Gasteiger partial charge on any atom is 0.0624 e. The fourth-order valence-electron chi connectivity index (χ4n) is 12.7. The second-order valence-electron chi connectivity index (χ2n) is 17.9. The molecule has 2 aromatic heterocycles. The Balaban J connectivity index is 1.20. The molecule has 1 unspecified atom stereocenters. The Labute approximate surface area is 281 Å². The minimum Gasteiger partial charge on any atom is -0.264 e. The van der Waals surface area contributed by atoms with Gasteiger partial charge in [0, 0.05) is 24.8 Å². The van der Waals surface area contributed by atoms with Crippen LogP contribution in [-0.2, 0) is 16.7 Å². The Morgan fingerprint density at radius 1 is 0.630 bits per heavy atom. The topological polar surface area (TPSA) is 25.8 Å². The molecular weight excluding hydrogens is 594 g/mol. The van der Waals surface area contributed by atoms with Gasteiger partial charge in [0.15, 0.2) is 0 Å². The van der Waals surface area contributed by atoms with E-state index >= 15 is 0 Å². The molecule has 0 amide bonds. The highest BCUT2D eigenvalue weighted by atomic mass is 31.1. The first kappa shape index (κ1) is 30.4. The summed E-state index contributed by atoms with van der Waals surface area (Å²) < 4.78 is 0. The smallest absolute Gasteiger partial charge is 0.0624 e. The molecule has 8 saturated carbocycles. The predicted octanol–water partition coefficient (Wildman–Crippen LogP) is 10.6. The summed E-state index contributed by atoms with van der Waals surface area (Å²) in [6.45, 7) is 7.13. The average Bonchev–Trinajstić information content (AvgIpc) is 3.04. The van der Waals surface area contributed by atoms with Crippen LogP contribution in [0.1, 0.15) is 113 Å². The average molecular weight is 649 g/mol. The molecule has 0 N–H and O–H groups in total. The van der Waals surface area contributed by atoms with Gasteiger partial charge in [0.05, 0.1) is 5.16 Å². The van der Waals surface area contributed by atoms with Crippen LogP contribution < -0.4 is 0 Å². The number of aromatic nitrogens is 2. The van der Waals surface area contributed by atoms with E-state index in [9.17, 15) is 0 Å². The van der Waals surface area contributed by atoms with Gasteiger partial charge in [0.1, 0.15) is 0 Å². The molecule has 1 atom stereocenters. The summed E-state index contributed by atoms with van der Waals surface area (Å²) in [6.07, 6.45) is 24.9. The molecule has 2 nitrogen and oxygen atoms in total. The Bertz CT molecular complexity index is 1420. The van der Waals surface area contributed by atoms with Gasteiger partial charge in [-0.05, 0) is 174 Å². The van der Waals surface area contributed by atoms with Gasteiger partial charge in [-0.1, -0.05) is 59.0 Å². The number of nitrogens with zero attached hydrogens (tertiary/aromatic N) is 2. The van der Waals surface area contributed by atoms with E-state index in [0.29, 0.717) is 0 Å². The molecular formula is C42H54N2P2. The summed E-state index contributed by atoms with van der Waals surface area (Å²) in [5, 5.41) is -0.395. The van der Waals surface area contributed by atoms with Gasteiger partial charge in [-0.15, -0.1) is 9.24 Å². The fourth-order valence-corrected chi connectivity index (χ4v) is 17.9. The molecule has 2 heterocycles. The molecule has 4 heteroatoms. The number of pyridine rings is 2. The Morgan fingerprint density at radius 3 is 1.48 bits per heavy atom. The lowest BCUT2D eigenvalue weighted by molar-refractivity contribution is 0.0129. The number of hydrogen-bond acceptors (Lipinski definition) is 2. The summed E-state index contributed by atoms with van der Waals surface area (Å²) in [6, 6.07) is 16.5. The molecule has 1 aromatic carbocycles. The Morgan fingerprint density at radius 2 is 1.09 bits per heavy atom. The van der Waals surface area contributed by atoms with Crippen molar-refractivity contribution in [2.75, 3.05) is 0 Å². The minimum absolute atomic E-state index is 0.0797. The van der Waals surface area contributed by atoms with Crippen molar-refractivity contribution in [1.29, 1.82) is 0 Å². The van der Waals surface area contributed by atoms with Crippen LogP contribution in [0.25, 0.3) is 0 Å². The maximum atomic E-state index is 4.68. The molecule has 0 radical (unpaired) electrons. The fraction of sp³-hybridized carbons (Fsp3) is 0.619. The lowest BCUT2D eigenvalue weighted by atomic mass is 9.55. The first-order valence-electron chi connectivity index (χ1n) is 18.7. The number of hydrogen-bond donors (Lipinski definition) is 0. The zero-order chi connectivity index (χ0) is 31.2. The van der Waals surface area contributed by atoms with Gasteiger partial charge >= 0.3 is 0 Å². The maximum absolute atomic E-state index is 4.68. The van der Waals surface area contributed by atoms with E-state index in [1.54, 1.807) is 69.8 Å². The van der Waals surface area contributed by atoms with E-state index in [0.717, 1.165) is 58.7 Å². The van der Waals surface area contributed by atoms with Crippen LogP contribution in [-0.4, -0.2) is 21.3 Å². The van der Waals surface area contributed by atoms with Crippen molar-refractivity contribution in [3.05, 3.63) is 95.1 Å². The SMILES string of the molecule is CC(C)(C)c1ccc(CP(C2C3CC4CC(C3)CC2C4)C2C3CC4CC(C3)CC2C4)c(C(P)(c2cccnc2)c2cccnc2)c1. The molecule has 3 aromatic rings. The van der Waals surface area contributed by atoms with E-state index in [1.807, 2.05) is 12.4 Å². The Hall–Kier alpha value is -1.62. The molecule has 11 rings (SSSR count). The van der Waals surface area contributed by atoms with Gasteiger partial charge < -0.3 is 0 Å². The van der Waals surface area contributed by atoms with Crippen molar-refractivity contribution in [2.24, 2.45) is 47.3 Å². The van der Waals surface area contributed by atoms with Crippen LogP contribution in [0, 0.1) is 47.3 Å². The zero-order valence-corrected chi connectivity index (χ0v) is 30.4. The van der Waals surface area contributed by atoms with Crippen LogP contribution in [0.2, 0.25) is 0 Å². The molecule has 0 saturated heterocycles. The van der Waals surface area contributed by atoms with Crippen molar-refractivity contribution in [1.82, 2.24) is 9.97 Å². The number of benzene rings is 1. The van der Waals surface area contributed by atoms with Gasteiger partial charge in [0.25, 0.3) is 0 Å². The molecule has 8 bridgehead atoms. The van der Waals surface area contributed by atoms with Crippen molar-refractivity contribution >= 4 is 17.2 Å². The monoisotopic (exact) mass is 648 g/mol.